The van der Waals surface area contributed by atoms with E-state index in [9.17, 15) is 13.2 Å². The molecule has 0 bridgehead atoms. The van der Waals surface area contributed by atoms with E-state index in [2.05, 4.69) is 15.0 Å². The van der Waals surface area contributed by atoms with Crippen LogP contribution in [0.25, 0.3) is 0 Å². The second-order valence-corrected chi connectivity index (χ2v) is 4.79. The Hall–Kier alpha value is -2.70. The van der Waals surface area contributed by atoms with Crippen LogP contribution in [0, 0.1) is 12.7 Å². The molecule has 0 heterocycles. The van der Waals surface area contributed by atoms with E-state index in [1.807, 2.05) is 31.2 Å². The van der Waals surface area contributed by atoms with Crippen molar-refractivity contribution in [3.05, 3.63) is 59.4 Å². The molecule has 0 aliphatic carbocycles. The van der Waals surface area contributed by atoms with Gasteiger partial charge in [-0.3, -0.25) is 0 Å². The van der Waals surface area contributed by atoms with Gasteiger partial charge in [-0.25, -0.2) is 9.38 Å². The lowest BCUT2D eigenvalue weighted by molar-refractivity contribution is -0.0506. The molecule has 0 saturated carbocycles. The standard InChI is InChI=1S/C16H16F3N3O/c1-10-5-7-11(8-6-10)22-16(20)21-9-12-13(17)3-2-4-14(12)23-15(18)19/h2-8,15H,9H2,1H3,(H3,20,21,22). The normalized spacial score (nSPS) is 11.6. The summed E-state index contributed by atoms with van der Waals surface area (Å²) in [7, 11) is 0. The largest absolute Gasteiger partial charge is 0.434 e. The lowest BCUT2D eigenvalue weighted by Gasteiger charge is -2.10. The van der Waals surface area contributed by atoms with Crippen LogP contribution in [0.15, 0.2) is 47.5 Å². The molecule has 4 nitrogen and oxygen atoms in total. The molecular weight excluding hydrogens is 307 g/mol. The van der Waals surface area contributed by atoms with Crippen molar-refractivity contribution >= 4 is 11.6 Å². The Bertz CT molecular complexity index is 687. The maximum atomic E-state index is 13.8. The van der Waals surface area contributed by atoms with Crippen molar-refractivity contribution in [3.63, 3.8) is 0 Å². The number of hydrogen-bond donors (Lipinski definition) is 2. The molecule has 0 unspecified atom stereocenters. The predicted octanol–water partition coefficient (Wildman–Crippen LogP) is 3.66. The van der Waals surface area contributed by atoms with E-state index < -0.39 is 12.4 Å². The highest BCUT2D eigenvalue weighted by Crippen LogP contribution is 2.24. The number of anilines is 1. The van der Waals surface area contributed by atoms with Crippen LogP contribution in [0.5, 0.6) is 5.75 Å². The Kier molecular flexibility index (Phi) is 5.46. The van der Waals surface area contributed by atoms with Crippen molar-refractivity contribution in [2.24, 2.45) is 10.7 Å². The first kappa shape index (κ1) is 16.7. The summed E-state index contributed by atoms with van der Waals surface area (Å²) in [5.41, 5.74) is 7.44. The number of nitrogens with two attached hydrogens (primary N) is 1. The highest BCUT2D eigenvalue weighted by Gasteiger charge is 2.13. The second-order valence-electron chi connectivity index (χ2n) is 4.79. The van der Waals surface area contributed by atoms with Crippen LogP contribution in [0.1, 0.15) is 11.1 Å². The zero-order valence-corrected chi connectivity index (χ0v) is 12.4. The van der Waals surface area contributed by atoms with Gasteiger partial charge in [-0.1, -0.05) is 23.8 Å². The number of nitrogens with zero attached hydrogens (tertiary/aromatic N) is 1. The van der Waals surface area contributed by atoms with Crippen molar-refractivity contribution in [1.82, 2.24) is 0 Å². The number of halogens is 3. The number of aryl methyl sites for hydroxylation is 1. The van der Waals surface area contributed by atoms with Crippen molar-refractivity contribution in [2.75, 3.05) is 5.32 Å². The summed E-state index contributed by atoms with van der Waals surface area (Å²) in [5, 5.41) is 2.84. The van der Waals surface area contributed by atoms with E-state index in [-0.39, 0.29) is 23.8 Å². The zero-order chi connectivity index (χ0) is 16.8. The van der Waals surface area contributed by atoms with Crippen molar-refractivity contribution in [3.8, 4) is 5.75 Å². The third-order valence-electron chi connectivity index (χ3n) is 3.02. The average Bonchev–Trinajstić information content (AvgIpc) is 2.48. The first-order valence-corrected chi connectivity index (χ1v) is 6.81. The lowest BCUT2D eigenvalue weighted by atomic mass is 10.2. The summed E-state index contributed by atoms with van der Waals surface area (Å²) in [4.78, 5) is 3.96. The molecule has 0 radical (unpaired) electrons. The SMILES string of the molecule is Cc1ccc(NC(N)=NCc2c(F)cccc2OC(F)F)cc1. The summed E-state index contributed by atoms with van der Waals surface area (Å²) < 4.78 is 42.7. The quantitative estimate of drug-likeness (QED) is 0.652. The fourth-order valence-corrected chi connectivity index (χ4v) is 1.89. The molecule has 7 heteroatoms. The number of aliphatic imine (C=N–C) groups is 1. The average molecular weight is 323 g/mol. The van der Waals surface area contributed by atoms with Gasteiger partial charge in [0.25, 0.3) is 0 Å². The molecular formula is C16H16F3N3O. The fraction of sp³-hybridized carbons (Fsp3) is 0.188. The molecule has 0 aliphatic heterocycles. The summed E-state index contributed by atoms with van der Waals surface area (Å²) in [6.45, 7) is -1.31. The number of hydrogen-bond acceptors (Lipinski definition) is 2. The van der Waals surface area contributed by atoms with E-state index in [4.69, 9.17) is 5.73 Å². The summed E-state index contributed by atoms with van der Waals surface area (Å²) in [6, 6.07) is 11.1. The van der Waals surface area contributed by atoms with E-state index >= 15 is 0 Å². The molecule has 0 spiro atoms. The maximum absolute atomic E-state index is 13.8. The summed E-state index contributed by atoms with van der Waals surface area (Å²) in [6.07, 6.45) is 0. The van der Waals surface area contributed by atoms with Crippen LogP contribution in [0.2, 0.25) is 0 Å². The Morgan fingerprint density at radius 3 is 2.57 bits per heavy atom. The van der Waals surface area contributed by atoms with Gasteiger partial charge in [0.05, 0.1) is 12.1 Å². The minimum Gasteiger partial charge on any atom is -0.434 e. The molecule has 2 aromatic rings. The highest BCUT2D eigenvalue weighted by molar-refractivity contribution is 5.92. The van der Waals surface area contributed by atoms with Gasteiger partial charge < -0.3 is 15.8 Å². The number of guanidine groups is 1. The van der Waals surface area contributed by atoms with Gasteiger partial charge in [0.2, 0.25) is 0 Å². The van der Waals surface area contributed by atoms with Crippen LogP contribution < -0.4 is 15.8 Å². The summed E-state index contributed by atoms with van der Waals surface area (Å²) >= 11 is 0. The number of alkyl halides is 2. The molecule has 3 N–H and O–H groups in total. The maximum Gasteiger partial charge on any atom is 0.387 e. The number of benzene rings is 2. The van der Waals surface area contributed by atoms with E-state index in [1.54, 1.807) is 0 Å². The van der Waals surface area contributed by atoms with Crippen molar-refractivity contribution < 1.29 is 17.9 Å². The van der Waals surface area contributed by atoms with E-state index in [0.717, 1.165) is 17.3 Å². The highest BCUT2D eigenvalue weighted by atomic mass is 19.3. The van der Waals surface area contributed by atoms with Crippen LogP contribution in [0.3, 0.4) is 0 Å². The van der Waals surface area contributed by atoms with E-state index in [1.165, 1.54) is 12.1 Å². The zero-order valence-electron chi connectivity index (χ0n) is 12.4. The monoisotopic (exact) mass is 323 g/mol. The minimum absolute atomic E-state index is 0.0418. The first-order chi connectivity index (χ1) is 11.0. The molecule has 0 atom stereocenters. The van der Waals surface area contributed by atoms with Gasteiger partial charge in [-0.2, -0.15) is 8.78 Å². The third kappa shape index (κ3) is 4.91. The number of rotatable bonds is 5. The number of nitrogens with one attached hydrogen (secondary N) is 1. The van der Waals surface area contributed by atoms with Gasteiger partial charge in [0.15, 0.2) is 5.96 Å². The molecule has 122 valence electrons. The molecule has 0 aliphatic rings. The van der Waals surface area contributed by atoms with Gasteiger partial charge in [0.1, 0.15) is 11.6 Å². The minimum atomic E-state index is -3.04. The molecule has 0 aromatic heterocycles. The van der Waals surface area contributed by atoms with Crippen molar-refractivity contribution in [1.29, 1.82) is 0 Å². The summed E-state index contributed by atoms with van der Waals surface area (Å²) in [5.74, 6) is -0.901. The predicted molar refractivity (Wildman–Crippen MR) is 83.2 cm³/mol. The van der Waals surface area contributed by atoms with E-state index in [0.29, 0.717) is 0 Å². The third-order valence-corrected chi connectivity index (χ3v) is 3.02. The van der Waals surface area contributed by atoms with Crippen LogP contribution in [0.4, 0.5) is 18.9 Å². The fourth-order valence-electron chi connectivity index (χ4n) is 1.89. The Balaban J connectivity index is 2.10. The topological polar surface area (TPSA) is 59.6 Å². The molecule has 2 aromatic carbocycles. The Morgan fingerprint density at radius 2 is 1.91 bits per heavy atom. The smallest absolute Gasteiger partial charge is 0.387 e. The van der Waals surface area contributed by atoms with Gasteiger partial charge in [0, 0.05) is 5.69 Å². The molecule has 2 rings (SSSR count). The molecule has 0 saturated heterocycles. The van der Waals surface area contributed by atoms with Crippen LogP contribution in [-0.2, 0) is 6.54 Å². The van der Waals surface area contributed by atoms with Gasteiger partial charge in [-0.05, 0) is 31.2 Å². The molecule has 23 heavy (non-hydrogen) atoms. The Labute approximate surface area is 131 Å². The lowest BCUT2D eigenvalue weighted by Crippen LogP contribution is -2.22. The Morgan fingerprint density at radius 1 is 1.22 bits per heavy atom. The van der Waals surface area contributed by atoms with Gasteiger partial charge in [-0.15, -0.1) is 0 Å². The van der Waals surface area contributed by atoms with Crippen LogP contribution >= 0.6 is 0 Å². The van der Waals surface area contributed by atoms with Crippen molar-refractivity contribution in [2.45, 2.75) is 20.1 Å². The second kappa shape index (κ2) is 7.53. The first-order valence-electron chi connectivity index (χ1n) is 6.81. The number of ether oxygens (including phenoxy) is 1. The molecule has 0 fully saturated rings. The van der Waals surface area contributed by atoms with Gasteiger partial charge >= 0.3 is 6.61 Å². The molecule has 0 amide bonds. The van der Waals surface area contributed by atoms with Crippen LogP contribution in [-0.4, -0.2) is 12.6 Å².